The normalized spacial score (nSPS) is 32.4. The molecule has 0 radical (unpaired) electrons. The van der Waals surface area contributed by atoms with Gasteiger partial charge in [0.25, 0.3) is 0 Å². The van der Waals surface area contributed by atoms with E-state index in [2.05, 4.69) is 42.4 Å². The van der Waals surface area contributed by atoms with E-state index < -0.39 is 6.17 Å². The first-order valence-electron chi connectivity index (χ1n) is 7.85. The largest absolute Gasteiger partial charge is 0.298 e. The second-order valence-electron chi connectivity index (χ2n) is 6.63. The molecule has 2 aliphatic rings. The van der Waals surface area contributed by atoms with Gasteiger partial charge in [0, 0.05) is 57.4 Å². The van der Waals surface area contributed by atoms with Gasteiger partial charge in [-0.15, -0.1) is 0 Å². The van der Waals surface area contributed by atoms with Crippen LogP contribution in [0.4, 0.5) is 4.39 Å². The van der Waals surface area contributed by atoms with Gasteiger partial charge < -0.3 is 0 Å². The van der Waals surface area contributed by atoms with Crippen LogP contribution in [0.1, 0.15) is 34.1 Å². The van der Waals surface area contributed by atoms with Crippen molar-refractivity contribution in [2.45, 2.75) is 58.4 Å². The van der Waals surface area contributed by atoms with E-state index in [4.69, 9.17) is 0 Å². The number of piperazine rings is 1. The van der Waals surface area contributed by atoms with Crippen molar-refractivity contribution < 1.29 is 4.39 Å². The van der Waals surface area contributed by atoms with E-state index >= 15 is 0 Å². The van der Waals surface area contributed by atoms with Gasteiger partial charge in [0.05, 0.1) is 0 Å². The molecule has 2 fully saturated rings. The zero-order valence-corrected chi connectivity index (χ0v) is 13.0. The summed E-state index contributed by atoms with van der Waals surface area (Å²) in [6, 6.07) is 1.24. The maximum Gasteiger partial charge on any atom is 0.128 e. The first kappa shape index (κ1) is 15.2. The van der Waals surface area contributed by atoms with Crippen molar-refractivity contribution in [3.8, 4) is 0 Å². The SMILES string of the molecule is CC(C)N1CCN([C@@H]2CCN(C(C)C)C[C@@H]2F)CC1. The summed E-state index contributed by atoms with van der Waals surface area (Å²) in [7, 11) is 0. The van der Waals surface area contributed by atoms with Crippen molar-refractivity contribution in [3.05, 3.63) is 0 Å². The lowest BCUT2D eigenvalue weighted by atomic mass is 9.99. The summed E-state index contributed by atoms with van der Waals surface area (Å²) < 4.78 is 14.4. The Morgan fingerprint density at radius 1 is 0.842 bits per heavy atom. The Bertz CT molecular complexity index is 275. The number of piperidine rings is 1. The average molecular weight is 271 g/mol. The number of likely N-dealkylation sites (tertiary alicyclic amines) is 1. The van der Waals surface area contributed by atoms with Crippen molar-refractivity contribution >= 4 is 0 Å². The van der Waals surface area contributed by atoms with E-state index in [-0.39, 0.29) is 6.04 Å². The summed E-state index contributed by atoms with van der Waals surface area (Å²) in [5, 5.41) is 0. The van der Waals surface area contributed by atoms with Crippen LogP contribution >= 0.6 is 0 Å². The van der Waals surface area contributed by atoms with Crippen molar-refractivity contribution in [3.63, 3.8) is 0 Å². The summed E-state index contributed by atoms with van der Waals surface area (Å²) in [6.45, 7) is 14.7. The first-order valence-corrected chi connectivity index (χ1v) is 7.85. The zero-order chi connectivity index (χ0) is 14.0. The lowest BCUT2D eigenvalue weighted by Gasteiger charge is -2.45. The molecule has 2 saturated heterocycles. The smallest absolute Gasteiger partial charge is 0.128 e. The van der Waals surface area contributed by atoms with E-state index in [0.29, 0.717) is 18.6 Å². The molecule has 0 unspecified atom stereocenters. The molecular weight excluding hydrogens is 241 g/mol. The third-order valence-corrected chi connectivity index (χ3v) is 4.82. The van der Waals surface area contributed by atoms with Crippen LogP contribution in [-0.2, 0) is 0 Å². The maximum absolute atomic E-state index is 14.4. The average Bonchev–Trinajstić information content (AvgIpc) is 2.38. The molecule has 2 heterocycles. The van der Waals surface area contributed by atoms with Gasteiger partial charge in [0.15, 0.2) is 0 Å². The molecule has 0 aromatic rings. The fourth-order valence-corrected chi connectivity index (χ4v) is 3.38. The summed E-state index contributed by atoms with van der Waals surface area (Å²) in [5.41, 5.74) is 0. The molecule has 2 rings (SSSR count). The molecular formula is C15H30FN3. The van der Waals surface area contributed by atoms with Crippen molar-refractivity contribution in [1.82, 2.24) is 14.7 Å². The molecule has 3 nitrogen and oxygen atoms in total. The number of hydrogen-bond donors (Lipinski definition) is 0. The van der Waals surface area contributed by atoms with Gasteiger partial charge in [-0.1, -0.05) is 0 Å². The Morgan fingerprint density at radius 3 is 1.89 bits per heavy atom. The Kier molecular flexibility index (Phi) is 5.21. The Hall–Kier alpha value is -0.190. The van der Waals surface area contributed by atoms with Crippen LogP contribution in [-0.4, -0.2) is 78.3 Å². The molecule has 0 aromatic heterocycles. The van der Waals surface area contributed by atoms with Crippen LogP contribution < -0.4 is 0 Å². The molecule has 0 spiro atoms. The fourth-order valence-electron chi connectivity index (χ4n) is 3.38. The van der Waals surface area contributed by atoms with Gasteiger partial charge in [-0.3, -0.25) is 14.7 Å². The summed E-state index contributed by atoms with van der Waals surface area (Å²) >= 11 is 0. The van der Waals surface area contributed by atoms with Gasteiger partial charge in [0.2, 0.25) is 0 Å². The van der Waals surface area contributed by atoms with Gasteiger partial charge in [-0.2, -0.15) is 0 Å². The number of alkyl halides is 1. The summed E-state index contributed by atoms with van der Waals surface area (Å²) in [5.74, 6) is 0. The van der Waals surface area contributed by atoms with E-state index in [1.54, 1.807) is 0 Å². The third-order valence-electron chi connectivity index (χ3n) is 4.82. The second-order valence-corrected chi connectivity index (χ2v) is 6.63. The lowest BCUT2D eigenvalue weighted by Crippen LogP contribution is -2.59. The molecule has 19 heavy (non-hydrogen) atoms. The van der Waals surface area contributed by atoms with Gasteiger partial charge >= 0.3 is 0 Å². The molecule has 0 N–H and O–H groups in total. The second kappa shape index (κ2) is 6.51. The molecule has 112 valence electrons. The third kappa shape index (κ3) is 3.67. The maximum atomic E-state index is 14.4. The first-order chi connectivity index (χ1) is 8.99. The molecule has 0 aliphatic carbocycles. The van der Waals surface area contributed by atoms with Crippen LogP contribution in [0.2, 0.25) is 0 Å². The summed E-state index contributed by atoms with van der Waals surface area (Å²) in [4.78, 5) is 7.15. The molecule has 0 aromatic carbocycles. The molecule has 0 bridgehead atoms. The minimum Gasteiger partial charge on any atom is -0.298 e. The Labute approximate surface area is 117 Å². The Morgan fingerprint density at radius 2 is 1.42 bits per heavy atom. The van der Waals surface area contributed by atoms with Crippen LogP contribution in [0, 0.1) is 0 Å². The van der Waals surface area contributed by atoms with E-state index in [9.17, 15) is 4.39 Å². The highest BCUT2D eigenvalue weighted by Crippen LogP contribution is 2.22. The predicted molar refractivity (Wildman–Crippen MR) is 78.3 cm³/mol. The van der Waals surface area contributed by atoms with Crippen LogP contribution in [0.5, 0.6) is 0 Å². The molecule has 2 atom stereocenters. The minimum atomic E-state index is -0.679. The van der Waals surface area contributed by atoms with E-state index in [1.807, 2.05) is 0 Å². The molecule has 2 aliphatic heterocycles. The van der Waals surface area contributed by atoms with Crippen LogP contribution in [0.25, 0.3) is 0 Å². The highest BCUT2D eigenvalue weighted by atomic mass is 19.1. The molecule has 4 heteroatoms. The molecule has 0 saturated carbocycles. The lowest BCUT2D eigenvalue weighted by molar-refractivity contribution is -0.00406. The van der Waals surface area contributed by atoms with Crippen LogP contribution in [0.3, 0.4) is 0 Å². The van der Waals surface area contributed by atoms with Crippen molar-refractivity contribution in [2.24, 2.45) is 0 Å². The van der Waals surface area contributed by atoms with E-state index in [0.717, 1.165) is 39.1 Å². The minimum absolute atomic E-state index is 0.157. The van der Waals surface area contributed by atoms with Crippen LogP contribution in [0.15, 0.2) is 0 Å². The Balaban J connectivity index is 1.84. The van der Waals surface area contributed by atoms with E-state index in [1.165, 1.54) is 0 Å². The zero-order valence-electron chi connectivity index (χ0n) is 13.0. The molecule has 0 amide bonds. The fraction of sp³-hybridized carbons (Fsp3) is 1.00. The topological polar surface area (TPSA) is 9.72 Å². The summed E-state index contributed by atoms with van der Waals surface area (Å²) in [6.07, 6.45) is 0.308. The number of nitrogens with zero attached hydrogens (tertiary/aromatic N) is 3. The quantitative estimate of drug-likeness (QED) is 0.775. The monoisotopic (exact) mass is 271 g/mol. The van der Waals surface area contributed by atoms with Gasteiger partial charge in [0.1, 0.15) is 6.17 Å². The van der Waals surface area contributed by atoms with Gasteiger partial charge in [-0.05, 0) is 34.1 Å². The predicted octanol–water partition coefficient (Wildman–Crippen LogP) is 1.83. The highest BCUT2D eigenvalue weighted by molar-refractivity contribution is 4.90. The number of hydrogen-bond acceptors (Lipinski definition) is 3. The number of rotatable bonds is 3. The standard InChI is InChI=1S/C15H30FN3/c1-12(2)17-7-9-18(10-8-17)15-5-6-19(13(3)4)11-14(15)16/h12-15H,5-11H2,1-4H3/t14-,15+/m0/s1. The van der Waals surface area contributed by atoms with Gasteiger partial charge in [-0.25, -0.2) is 4.39 Å². The highest BCUT2D eigenvalue weighted by Gasteiger charge is 2.35. The number of halogens is 1. The van der Waals surface area contributed by atoms with Crippen molar-refractivity contribution in [1.29, 1.82) is 0 Å². The van der Waals surface area contributed by atoms with Crippen molar-refractivity contribution in [2.75, 3.05) is 39.3 Å².